The molecule has 0 heterocycles. The van der Waals surface area contributed by atoms with E-state index >= 15 is 0 Å². The lowest BCUT2D eigenvalue weighted by Gasteiger charge is -2.38. The van der Waals surface area contributed by atoms with Crippen molar-refractivity contribution in [2.75, 3.05) is 6.61 Å². The third kappa shape index (κ3) is 5.91. The van der Waals surface area contributed by atoms with Crippen LogP contribution >= 0.6 is 0 Å². The van der Waals surface area contributed by atoms with Crippen molar-refractivity contribution >= 4 is 22.9 Å². The standard InChI is InChI=1S/C17H38O3Si2/c1-8-21(9-2,10-3)19-15-14-17(7,16-18)20-22(11-4,12-5)13-6/h16H,8-15H2,1-7H3/t17-/m1/s1. The minimum Gasteiger partial charge on any atom is -0.417 e. The monoisotopic (exact) mass is 346 g/mol. The molecular weight excluding hydrogens is 308 g/mol. The zero-order chi connectivity index (χ0) is 17.3. The van der Waals surface area contributed by atoms with Crippen LogP contribution in [-0.2, 0) is 13.6 Å². The van der Waals surface area contributed by atoms with Crippen molar-refractivity contribution in [2.24, 2.45) is 0 Å². The Morgan fingerprint density at radius 1 is 0.818 bits per heavy atom. The average Bonchev–Trinajstić information content (AvgIpc) is 2.57. The molecule has 132 valence electrons. The summed E-state index contributed by atoms with van der Waals surface area (Å²) >= 11 is 0. The van der Waals surface area contributed by atoms with Gasteiger partial charge in [-0.1, -0.05) is 41.5 Å². The van der Waals surface area contributed by atoms with E-state index in [2.05, 4.69) is 41.5 Å². The largest absolute Gasteiger partial charge is 0.417 e. The Balaban J connectivity index is 4.79. The quantitative estimate of drug-likeness (QED) is 0.332. The van der Waals surface area contributed by atoms with Crippen molar-refractivity contribution in [3.8, 4) is 0 Å². The smallest absolute Gasteiger partial charge is 0.193 e. The SMILES string of the molecule is CC[Si](CC)(CC)OCC[C@](C)(C=O)O[Si](CC)(CC)CC. The van der Waals surface area contributed by atoms with Crippen molar-refractivity contribution in [3.05, 3.63) is 0 Å². The molecule has 0 aromatic rings. The van der Waals surface area contributed by atoms with E-state index in [9.17, 15) is 4.79 Å². The van der Waals surface area contributed by atoms with Crippen molar-refractivity contribution in [1.29, 1.82) is 0 Å². The van der Waals surface area contributed by atoms with Gasteiger partial charge in [-0.3, -0.25) is 0 Å². The molecule has 0 bridgehead atoms. The zero-order valence-corrected chi connectivity index (χ0v) is 18.0. The first-order chi connectivity index (χ1) is 10.3. The Bertz CT molecular complexity index is 298. The van der Waals surface area contributed by atoms with Crippen LogP contribution < -0.4 is 0 Å². The third-order valence-electron chi connectivity index (χ3n) is 5.57. The van der Waals surface area contributed by atoms with E-state index in [1.807, 2.05) is 6.92 Å². The highest BCUT2D eigenvalue weighted by Crippen LogP contribution is 2.30. The molecule has 0 saturated heterocycles. The first kappa shape index (κ1) is 22.0. The summed E-state index contributed by atoms with van der Waals surface area (Å²) in [5.74, 6) is 0. The molecule has 0 aliphatic carbocycles. The molecule has 0 N–H and O–H groups in total. The molecule has 0 saturated carbocycles. The van der Waals surface area contributed by atoms with Crippen LogP contribution in [0.3, 0.4) is 0 Å². The lowest BCUT2D eigenvalue weighted by molar-refractivity contribution is -0.122. The van der Waals surface area contributed by atoms with E-state index < -0.39 is 22.2 Å². The van der Waals surface area contributed by atoms with Crippen LogP contribution in [0.25, 0.3) is 0 Å². The first-order valence-corrected chi connectivity index (χ1v) is 14.2. The van der Waals surface area contributed by atoms with Gasteiger partial charge in [0.1, 0.15) is 11.9 Å². The Morgan fingerprint density at radius 3 is 1.55 bits per heavy atom. The van der Waals surface area contributed by atoms with E-state index in [0.29, 0.717) is 13.0 Å². The molecule has 0 aromatic heterocycles. The highest BCUT2D eigenvalue weighted by molar-refractivity contribution is 6.74. The second-order valence-electron chi connectivity index (χ2n) is 6.62. The Kier molecular flexibility index (Phi) is 10.0. The van der Waals surface area contributed by atoms with Gasteiger partial charge in [0.05, 0.1) is 0 Å². The van der Waals surface area contributed by atoms with Gasteiger partial charge < -0.3 is 13.6 Å². The normalized spacial score (nSPS) is 15.6. The fraction of sp³-hybridized carbons (Fsp3) is 0.941. The summed E-state index contributed by atoms with van der Waals surface area (Å²) in [6.07, 6.45) is 1.69. The molecule has 0 fully saturated rings. The predicted octanol–water partition coefficient (Wildman–Crippen LogP) is 5.38. The Hall–Kier alpha value is 0.0238. The van der Waals surface area contributed by atoms with Gasteiger partial charge in [-0.15, -0.1) is 0 Å². The zero-order valence-electron chi connectivity index (χ0n) is 16.0. The second kappa shape index (κ2) is 10.0. The van der Waals surface area contributed by atoms with Gasteiger partial charge in [-0.2, -0.15) is 0 Å². The summed E-state index contributed by atoms with van der Waals surface area (Å²) < 4.78 is 12.7. The van der Waals surface area contributed by atoms with Crippen LogP contribution in [-0.4, -0.2) is 35.1 Å². The summed E-state index contributed by atoms with van der Waals surface area (Å²) in [6, 6.07) is 6.66. The Labute approximate surface area is 140 Å². The predicted molar refractivity (Wildman–Crippen MR) is 101 cm³/mol. The van der Waals surface area contributed by atoms with Crippen molar-refractivity contribution in [1.82, 2.24) is 0 Å². The fourth-order valence-electron chi connectivity index (χ4n) is 3.12. The molecule has 0 amide bonds. The van der Waals surface area contributed by atoms with Crippen molar-refractivity contribution in [3.63, 3.8) is 0 Å². The van der Waals surface area contributed by atoms with Crippen LogP contribution in [0.15, 0.2) is 0 Å². The van der Waals surface area contributed by atoms with Crippen molar-refractivity contribution in [2.45, 2.75) is 96.8 Å². The summed E-state index contributed by atoms with van der Waals surface area (Å²) in [6.45, 7) is 15.9. The maximum absolute atomic E-state index is 11.7. The van der Waals surface area contributed by atoms with Gasteiger partial charge >= 0.3 is 0 Å². The molecule has 0 aliphatic heterocycles. The van der Waals surface area contributed by atoms with Crippen LogP contribution in [0.4, 0.5) is 0 Å². The lowest BCUT2D eigenvalue weighted by atomic mass is 10.1. The molecule has 22 heavy (non-hydrogen) atoms. The highest BCUT2D eigenvalue weighted by atomic mass is 28.4. The van der Waals surface area contributed by atoms with Gasteiger partial charge in [0.25, 0.3) is 0 Å². The minimum atomic E-state index is -1.77. The molecular formula is C17H38O3Si2. The molecule has 5 heteroatoms. The number of hydrogen-bond donors (Lipinski definition) is 0. The van der Waals surface area contributed by atoms with E-state index in [0.717, 1.165) is 42.6 Å². The topological polar surface area (TPSA) is 35.5 Å². The summed E-state index contributed by atoms with van der Waals surface area (Å²) in [5.41, 5.74) is -0.677. The molecule has 0 spiro atoms. The molecule has 0 unspecified atom stereocenters. The van der Waals surface area contributed by atoms with Gasteiger partial charge in [0.2, 0.25) is 0 Å². The van der Waals surface area contributed by atoms with E-state index in [-0.39, 0.29) is 0 Å². The number of carbonyl (C=O) groups is 1. The maximum atomic E-state index is 11.7. The van der Waals surface area contributed by atoms with Gasteiger partial charge in [0, 0.05) is 13.0 Å². The van der Waals surface area contributed by atoms with Crippen LogP contribution in [0.5, 0.6) is 0 Å². The van der Waals surface area contributed by atoms with Gasteiger partial charge in [-0.05, 0) is 43.2 Å². The average molecular weight is 347 g/mol. The molecule has 0 aromatic carbocycles. The summed E-state index contributed by atoms with van der Waals surface area (Å²) in [4.78, 5) is 11.7. The highest BCUT2D eigenvalue weighted by Gasteiger charge is 2.38. The van der Waals surface area contributed by atoms with Crippen LogP contribution in [0.2, 0.25) is 36.3 Å². The van der Waals surface area contributed by atoms with Crippen LogP contribution in [0, 0.1) is 0 Å². The molecule has 0 aliphatic rings. The molecule has 3 nitrogen and oxygen atoms in total. The molecule has 0 radical (unpaired) electrons. The van der Waals surface area contributed by atoms with E-state index in [1.54, 1.807) is 0 Å². The summed E-state index contributed by atoms with van der Waals surface area (Å²) in [7, 11) is -3.34. The van der Waals surface area contributed by atoms with Crippen LogP contribution in [0.1, 0.15) is 54.9 Å². The molecule has 1 atom stereocenters. The fourth-order valence-corrected chi connectivity index (χ4v) is 8.84. The van der Waals surface area contributed by atoms with E-state index in [4.69, 9.17) is 8.85 Å². The second-order valence-corrected chi connectivity index (χ2v) is 16.1. The van der Waals surface area contributed by atoms with Gasteiger partial charge in [-0.25, -0.2) is 0 Å². The number of rotatable bonds is 13. The van der Waals surface area contributed by atoms with Crippen molar-refractivity contribution < 1.29 is 13.6 Å². The lowest BCUT2D eigenvalue weighted by Crippen LogP contribution is -2.48. The third-order valence-corrected chi connectivity index (χ3v) is 15.0. The maximum Gasteiger partial charge on any atom is 0.193 e. The van der Waals surface area contributed by atoms with E-state index in [1.165, 1.54) is 0 Å². The number of hydrogen-bond acceptors (Lipinski definition) is 3. The minimum absolute atomic E-state index is 0.651. The Morgan fingerprint density at radius 2 is 1.23 bits per heavy atom. The molecule has 0 rings (SSSR count). The van der Waals surface area contributed by atoms with Gasteiger partial charge in [0.15, 0.2) is 16.6 Å². The number of carbonyl (C=O) groups excluding carboxylic acids is 1. The summed E-state index contributed by atoms with van der Waals surface area (Å²) in [5, 5.41) is 0. The first-order valence-electron chi connectivity index (χ1n) is 9.14. The number of aldehydes is 1.